The highest BCUT2D eigenvalue weighted by atomic mass is 32.2. The Morgan fingerprint density at radius 2 is 2.05 bits per heavy atom. The number of aryl methyl sites for hydroxylation is 1. The molecule has 6 heteroatoms. The van der Waals surface area contributed by atoms with Gasteiger partial charge in [-0.1, -0.05) is 54.3 Å². The molecule has 2 aromatic rings. The Morgan fingerprint density at radius 1 is 1.32 bits per heavy atom. The maximum absolute atomic E-state index is 12.7. The predicted octanol–water partition coefficient (Wildman–Crippen LogP) is 3.38. The monoisotopic (exact) mass is 329 g/mol. The third kappa shape index (κ3) is 2.84. The van der Waals surface area contributed by atoms with Gasteiger partial charge in [0.05, 0.1) is 17.1 Å². The lowest BCUT2D eigenvalue weighted by Gasteiger charge is -2.23. The number of aromatic nitrogens is 2. The van der Waals surface area contributed by atoms with Crippen molar-refractivity contribution in [1.82, 2.24) is 14.7 Å². The average Bonchev–Trinajstić information content (AvgIpc) is 3.03. The molecule has 0 aliphatic carbocycles. The number of nitrogens with zero attached hydrogens (tertiary/aromatic N) is 3. The number of hydrogen-bond acceptors (Lipinski definition) is 4. The molecule has 2 heterocycles. The van der Waals surface area contributed by atoms with Crippen LogP contribution >= 0.6 is 24.0 Å². The number of benzene rings is 1. The molecule has 0 radical (unpaired) electrons. The maximum Gasteiger partial charge on any atom is 0.266 e. The van der Waals surface area contributed by atoms with Crippen molar-refractivity contribution in [2.45, 2.75) is 13.0 Å². The molecule has 1 atom stereocenters. The number of thioether (sulfide) groups is 1. The fourth-order valence-corrected chi connectivity index (χ4v) is 3.78. The molecule has 1 aliphatic heterocycles. The summed E-state index contributed by atoms with van der Waals surface area (Å²) in [6.07, 6.45) is 5.43. The first-order valence-corrected chi connectivity index (χ1v) is 8.09. The van der Waals surface area contributed by atoms with E-state index in [0.717, 1.165) is 11.1 Å². The van der Waals surface area contributed by atoms with Crippen molar-refractivity contribution in [1.29, 1.82) is 0 Å². The second-order valence-electron chi connectivity index (χ2n) is 5.09. The molecule has 1 amide bonds. The summed E-state index contributed by atoms with van der Waals surface area (Å²) >= 11 is 6.74. The molecule has 0 saturated carbocycles. The van der Waals surface area contributed by atoms with E-state index in [4.69, 9.17) is 12.2 Å². The van der Waals surface area contributed by atoms with E-state index >= 15 is 0 Å². The summed E-state index contributed by atoms with van der Waals surface area (Å²) in [5.41, 5.74) is 1.97. The van der Waals surface area contributed by atoms with Crippen LogP contribution in [0, 0.1) is 0 Å². The molecule has 22 heavy (non-hydrogen) atoms. The van der Waals surface area contributed by atoms with Gasteiger partial charge >= 0.3 is 0 Å². The van der Waals surface area contributed by atoms with Crippen LogP contribution in [0.4, 0.5) is 0 Å². The molecular formula is C16H15N3OS2. The minimum absolute atomic E-state index is 0.0461. The Morgan fingerprint density at radius 3 is 2.68 bits per heavy atom. The van der Waals surface area contributed by atoms with Gasteiger partial charge in [-0.3, -0.25) is 14.4 Å². The predicted molar refractivity (Wildman–Crippen MR) is 93.1 cm³/mol. The van der Waals surface area contributed by atoms with E-state index in [-0.39, 0.29) is 11.9 Å². The Hall–Kier alpha value is -1.92. The summed E-state index contributed by atoms with van der Waals surface area (Å²) in [6, 6.07) is 9.84. The third-order valence-corrected chi connectivity index (χ3v) is 4.85. The van der Waals surface area contributed by atoms with Gasteiger partial charge in [0.1, 0.15) is 4.32 Å². The number of amides is 1. The number of rotatable bonds is 3. The van der Waals surface area contributed by atoms with E-state index in [9.17, 15) is 4.79 Å². The van der Waals surface area contributed by atoms with E-state index < -0.39 is 0 Å². The lowest BCUT2D eigenvalue weighted by Crippen LogP contribution is -2.30. The van der Waals surface area contributed by atoms with Crippen molar-refractivity contribution < 1.29 is 4.79 Å². The molecular weight excluding hydrogens is 314 g/mol. The zero-order chi connectivity index (χ0) is 15.7. The van der Waals surface area contributed by atoms with Gasteiger partial charge < -0.3 is 0 Å². The van der Waals surface area contributed by atoms with Crippen LogP contribution in [-0.4, -0.2) is 24.9 Å². The van der Waals surface area contributed by atoms with Gasteiger partial charge in [0.15, 0.2) is 0 Å². The second kappa shape index (κ2) is 6.06. The van der Waals surface area contributed by atoms with Gasteiger partial charge in [0.2, 0.25) is 0 Å². The lowest BCUT2D eigenvalue weighted by atomic mass is 10.1. The summed E-state index contributed by atoms with van der Waals surface area (Å²) in [4.78, 5) is 15.0. The van der Waals surface area contributed by atoms with Crippen molar-refractivity contribution in [3.63, 3.8) is 0 Å². The van der Waals surface area contributed by atoms with Gasteiger partial charge in [-0.15, -0.1) is 0 Å². The van der Waals surface area contributed by atoms with Gasteiger partial charge in [-0.2, -0.15) is 5.10 Å². The summed E-state index contributed by atoms with van der Waals surface area (Å²) in [5, 5.41) is 4.11. The number of hydrogen-bond donors (Lipinski definition) is 0. The molecule has 1 fully saturated rings. The third-order valence-electron chi connectivity index (χ3n) is 3.52. The highest BCUT2D eigenvalue weighted by Gasteiger charge is 2.35. The van der Waals surface area contributed by atoms with Crippen molar-refractivity contribution in [2.75, 3.05) is 0 Å². The minimum atomic E-state index is -0.0755. The largest absolute Gasteiger partial charge is 0.286 e. The van der Waals surface area contributed by atoms with E-state index in [1.54, 1.807) is 15.8 Å². The standard InChI is InChI=1S/C16H15N3OS2/c1-11(13-6-4-3-5-7-13)19-15(20)14(22-16(19)21)8-12-9-17-18(2)10-12/h3-11H,1-2H3/b14-8+. The van der Waals surface area contributed by atoms with Crippen LogP contribution in [-0.2, 0) is 11.8 Å². The summed E-state index contributed by atoms with van der Waals surface area (Å²) in [5.74, 6) is -0.0461. The Kier molecular flexibility index (Phi) is 4.13. The van der Waals surface area contributed by atoms with E-state index in [2.05, 4.69) is 5.10 Å². The quantitative estimate of drug-likeness (QED) is 0.639. The molecule has 1 aromatic carbocycles. The zero-order valence-corrected chi connectivity index (χ0v) is 13.9. The first kappa shape index (κ1) is 15.0. The van der Waals surface area contributed by atoms with E-state index in [1.807, 2.05) is 56.6 Å². The number of carbonyl (C=O) groups excluding carboxylic acids is 1. The fourth-order valence-electron chi connectivity index (χ4n) is 2.36. The molecule has 4 nitrogen and oxygen atoms in total. The molecule has 0 N–H and O–H groups in total. The zero-order valence-electron chi connectivity index (χ0n) is 12.3. The van der Waals surface area contributed by atoms with Crippen LogP contribution in [0.25, 0.3) is 6.08 Å². The van der Waals surface area contributed by atoms with Crippen LogP contribution in [0.5, 0.6) is 0 Å². The van der Waals surface area contributed by atoms with E-state index in [0.29, 0.717) is 9.23 Å². The van der Waals surface area contributed by atoms with Gasteiger partial charge in [0.25, 0.3) is 5.91 Å². The molecule has 3 rings (SSSR count). The topological polar surface area (TPSA) is 38.1 Å². The Labute approximate surface area is 138 Å². The number of carbonyl (C=O) groups is 1. The summed E-state index contributed by atoms with van der Waals surface area (Å²) in [6.45, 7) is 1.99. The summed E-state index contributed by atoms with van der Waals surface area (Å²) in [7, 11) is 1.85. The van der Waals surface area contributed by atoms with Gasteiger partial charge in [0, 0.05) is 18.8 Å². The molecule has 0 bridgehead atoms. The van der Waals surface area contributed by atoms with Crippen molar-refractivity contribution in [2.24, 2.45) is 7.05 Å². The first-order valence-electron chi connectivity index (χ1n) is 6.87. The molecule has 0 spiro atoms. The van der Waals surface area contributed by atoms with Crippen LogP contribution in [0.3, 0.4) is 0 Å². The Balaban J connectivity index is 1.87. The highest BCUT2D eigenvalue weighted by Crippen LogP contribution is 2.37. The van der Waals surface area contributed by atoms with Crippen LogP contribution < -0.4 is 0 Å². The van der Waals surface area contributed by atoms with Crippen molar-refractivity contribution in [3.8, 4) is 0 Å². The molecule has 1 aliphatic rings. The molecule has 1 saturated heterocycles. The van der Waals surface area contributed by atoms with E-state index in [1.165, 1.54) is 11.8 Å². The number of thiocarbonyl (C=S) groups is 1. The Bertz CT molecular complexity index is 752. The highest BCUT2D eigenvalue weighted by molar-refractivity contribution is 8.26. The SMILES string of the molecule is CC(c1ccccc1)N1C(=O)/C(=C\c2cnn(C)c2)SC1=S. The molecule has 112 valence electrons. The van der Waals surface area contributed by atoms with Crippen LogP contribution in [0.2, 0.25) is 0 Å². The molecule has 1 unspecified atom stereocenters. The van der Waals surface area contributed by atoms with Crippen molar-refractivity contribution >= 4 is 40.3 Å². The fraction of sp³-hybridized carbons (Fsp3) is 0.188. The minimum Gasteiger partial charge on any atom is -0.286 e. The van der Waals surface area contributed by atoms with Crippen LogP contribution in [0.1, 0.15) is 24.1 Å². The maximum atomic E-state index is 12.7. The lowest BCUT2D eigenvalue weighted by molar-refractivity contribution is -0.123. The summed E-state index contributed by atoms with van der Waals surface area (Å²) < 4.78 is 2.30. The second-order valence-corrected chi connectivity index (χ2v) is 6.76. The van der Waals surface area contributed by atoms with Crippen LogP contribution in [0.15, 0.2) is 47.6 Å². The van der Waals surface area contributed by atoms with Gasteiger partial charge in [-0.05, 0) is 18.6 Å². The van der Waals surface area contributed by atoms with Crippen molar-refractivity contribution in [3.05, 3.63) is 58.8 Å². The first-order chi connectivity index (χ1) is 10.6. The average molecular weight is 329 g/mol. The molecule has 1 aromatic heterocycles. The normalized spacial score (nSPS) is 18.3. The van der Waals surface area contributed by atoms with Gasteiger partial charge in [-0.25, -0.2) is 0 Å². The smallest absolute Gasteiger partial charge is 0.266 e.